The molecule has 0 aromatic carbocycles. The van der Waals surface area contributed by atoms with Crippen molar-refractivity contribution in [2.24, 2.45) is 0 Å². The molecular weight excluding hydrogens is 651 g/mol. The molecule has 0 spiro atoms. The molecule has 0 rings (SSSR count). The Balaban J connectivity index is -0.000000328. The summed E-state index contributed by atoms with van der Waals surface area (Å²) in [6.07, 6.45) is 40.4. The minimum absolute atomic E-state index is 0. The predicted octanol–water partition coefficient (Wildman–Crippen LogP) is 12.7. The van der Waals surface area contributed by atoms with Crippen LogP contribution in [0.5, 0.6) is 0 Å². The minimum Gasteiger partial charge on any atom is -0.481 e. The summed E-state index contributed by atoms with van der Waals surface area (Å²) in [4.78, 5) is 20.7. The van der Waals surface area contributed by atoms with E-state index >= 15 is 0 Å². The molecule has 0 aliphatic heterocycles. The molecule has 4 nitrogen and oxygen atoms in total. The Kier molecular flexibility index (Phi) is 53.2. The maximum Gasteiger partial charge on any atom is 0.303 e. The SMILES string of the molecule is CCCCCCCCCCCCCCCCCC(=O)O.CCCCCCCCCCCCCCCCCC(=O)O.[Co].[Mo]. The van der Waals surface area contributed by atoms with E-state index in [-0.39, 0.29) is 37.8 Å². The van der Waals surface area contributed by atoms with Crippen LogP contribution in [0.25, 0.3) is 0 Å². The number of carboxylic acid groups (broad SMARTS) is 2. The topological polar surface area (TPSA) is 74.6 Å². The van der Waals surface area contributed by atoms with E-state index in [0.717, 1.165) is 25.7 Å². The van der Waals surface area contributed by atoms with Crippen LogP contribution in [0.15, 0.2) is 0 Å². The zero-order valence-electron chi connectivity index (χ0n) is 28.1. The monoisotopic (exact) mass is 725 g/mol. The van der Waals surface area contributed by atoms with Crippen molar-refractivity contribution in [3.05, 3.63) is 0 Å². The summed E-state index contributed by atoms with van der Waals surface area (Å²) in [6, 6.07) is 0. The number of carbonyl (C=O) groups is 2. The summed E-state index contributed by atoms with van der Waals surface area (Å²) in [5.74, 6) is -1.31. The fraction of sp³-hybridized carbons (Fsp3) is 0.944. The van der Waals surface area contributed by atoms with Gasteiger partial charge in [0.15, 0.2) is 0 Å². The van der Waals surface area contributed by atoms with Crippen LogP contribution in [0, 0.1) is 0 Å². The summed E-state index contributed by atoms with van der Waals surface area (Å²) >= 11 is 0. The van der Waals surface area contributed by atoms with Crippen molar-refractivity contribution in [2.75, 3.05) is 0 Å². The maximum absolute atomic E-state index is 10.3. The van der Waals surface area contributed by atoms with Crippen LogP contribution in [0.2, 0.25) is 0 Å². The third-order valence-electron chi connectivity index (χ3n) is 7.99. The normalized spacial score (nSPS) is 10.3. The molecule has 0 amide bonds. The summed E-state index contributed by atoms with van der Waals surface area (Å²) in [5, 5.41) is 17.0. The van der Waals surface area contributed by atoms with Crippen molar-refractivity contribution in [3.8, 4) is 0 Å². The molecule has 0 aromatic rings. The van der Waals surface area contributed by atoms with Crippen molar-refractivity contribution in [1.29, 1.82) is 0 Å². The van der Waals surface area contributed by atoms with Gasteiger partial charge in [-0.1, -0.05) is 194 Å². The largest absolute Gasteiger partial charge is 0.481 e. The Morgan fingerprint density at radius 2 is 0.476 bits per heavy atom. The number of rotatable bonds is 32. The smallest absolute Gasteiger partial charge is 0.303 e. The van der Waals surface area contributed by atoms with E-state index in [1.807, 2.05) is 0 Å². The van der Waals surface area contributed by atoms with Crippen LogP contribution in [-0.4, -0.2) is 22.2 Å². The van der Waals surface area contributed by atoms with Crippen LogP contribution in [0.4, 0.5) is 0 Å². The standard InChI is InChI=1S/2C18H36O2.Co.Mo/c2*1-2-3-4-5-6-7-8-9-10-11-12-13-14-15-16-17-18(19)20;;/h2*2-17H2,1H3,(H,19,20);;. The second kappa shape index (κ2) is 45.6. The van der Waals surface area contributed by atoms with Gasteiger partial charge in [-0.2, -0.15) is 0 Å². The van der Waals surface area contributed by atoms with E-state index in [9.17, 15) is 9.59 Å². The quantitative estimate of drug-likeness (QED) is 0.0535. The van der Waals surface area contributed by atoms with Crippen LogP contribution >= 0.6 is 0 Å². The van der Waals surface area contributed by atoms with Crippen LogP contribution in [-0.2, 0) is 47.4 Å². The zero-order valence-corrected chi connectivity index (χ0v) is 31.1. The van der Waals surface area contributed by atoms with Crippen LogP contribution in [0.1, 0.15) is 219 Å². The number of carboxylic acids is 2. The molecule has 0 saturated heterocycles. The summed E-state index contributed by atoms with van der Waals surface area (Å²) in [6.45, 7) is 4.54. The average Bonchev–Trinajstić information content (AvgIpc) is 2.93. The van der Waals surface area contributed by atoms with Crippen molar-refractivity contribution in [3.63, 3.8) is 0 Å². The molecule has 0 aliphatic rings. The molecular formula is C36H72CoMoO4. The molecule has 42 heavy (non-hydrogen) atoms. The Morgan fingerprint density at radius 3 is 0.619 bits per heavy atom. The minimum atomic E-state index is -0.653. The molecule has 0 unspecified atom stereocenters. The van der Waals surface area contributed by atoms with Gasteiger partial charge in [0, 0.05) is 50.7 Å². The third-order valence-corrected chi connectivity index (χ3v) is 7.99. The van der Waals surface area contributed by atoms with E-state index in [2.05, 4.69) is 13.8 Å². The molecule has 255 valence electrons. The Morgan fingerprint density at radius 1 is 0.333 bits per heavy atom. The Bertz CT molecular complexity index is 461. The molecule has 0 saturated carbocycles. The van der Waals surface area contributed by atoms with Gasteiger partial charge in [-0.25, -0.2) is 0 Å². The van der Waals surface area contributed by atoms with E-state index in [4.69, 9.17) is 10.2 Å². The number of hydrogen-bond acceptors (Lipinski definition) is 2. The van der Waals surface area contributed by atoms with Gasteiger partial charge < -0.3 is 10.2 Å². The van der Waals surface area contributed by atoms with Gasteiger partial charge in [0.25, 0.3) is 0 Å². The van der Waals surface area contributed by atoms with E-state index in [1.54, 1.807) is 0 Å². The van der Waals surface area contributed by atoms with Gasteiger partial charge in [-0.15, -0.1) is 0 Å². The predicted molar refractivity (Wildman–Crippen MR) is 174 cm³/mol. The first-order valence-electron chi connectivity index (χ1n) is 18.0. The molecule has 2 N–H and O–H groups in total. The number of hydrogen-bond donors (Lipinski definition) is 2. The third kappa shape index (κ3) is 52.8. The fourth-order valence-electron chi connectivity index (χ4n) is 5.30. The molecule has 0 aromatic heterocycles. The van der Waals surface area contributed by atoms with Crippen molar-refractivity contribution < 1.29 is 57.6 Å². The maximum atomic E-state index is 10.3. The van der Waals surface area contributed by atoms with Gasteiger partial charge in [0.05, 0.1) is 0 Å². The van der Waals surface area contributed by atoms with Gasteiger partial charge in [-0.3, -0.25) is 9.59 Å². The Labute approximate surface area is 287 Å². The Hall–Kier alpha value is 0.135. The molecule has 0 atom stereocenters. The first-order valence-corrected chi connectivity index (χ1v) is 18.0. The van der Waals surface area contributed by atoms with Crippen molar-refractivity contribution >= 4 is 11.9 Å². The first-order chi connectivity index (χ1) is 19.5. The van der Waals surface area contributed by atoms with Crippen molar-refractivity contribution in [1.82, 2.24) is 0 Å². The van der Waals surface area contributed by atoms with E-state index < -0.39 is 11.9 Å². The molecule has 0 heterocycles. The van der Waals surface area contributed by atoms with E-state index in [1.165, 1.54) is 167 Å². The zero-order chi connectivity index (χ0) is 29.8. The first kappa shape index (κ1) is 49.0. The second-order valence-electron chi connectivity index (χ2n) is 12.2. The van der Waals surface area contributed by atoms with Gasteiger partial charge in [0.2, 0.25) is 0 Å². The molecule has 0 fully saturated rings. The van der Waals surface area contributed by atoms with E-state index in [0.29, 0.717) is 12.8 Å². The number of aliphatic carboxylic acids is 2. The van der Waals surface area contributed by atoms with Gasteiger partial charge in [-0.05, 0) is 12.8 Å². The molecule has 0 bridgehead atoms. The summed E-state index contributed by atoms with van der Waals surface area (Å²) in [5.41, 5.74) is 0. The molecule has 0 aliphatic carbocycles. The van der Waals surface area contributed by atoms with Gasteiger partial charge >= 0.3 is 11.9 Å². The van der Waals surface area contributed by atoms with Gasteiger partial charge in [0.1, 0.15) is 0 Å². The second-order valence-corrected chi connectivity index (χ2v) is 12.2. The molecule has 1 radical (unpaired) electrons. The molecule has 6 heteroatoms. The van der Waals surface area contributed by atoms with Crippen LogP contribution < -0.4 is 0 Å². The van der Waals surface area contributed by atoms with Crippen LogP contribution in [0.3, 0.4) is 0 Å². The summed E-state index contributed by atoms with van der Waals surface area (Å²) in [7, 11) is 0. The fourth-order valence-corrected chi connectivity index (χ4v) is 5.30. The average molecular weight is 724 g/mol. The summed E-state index contributed by atoms with van der Waals surface area (Å²) < 4.78 is 0. The van der Waals surface area contributed by atoms with Crippen molar-refractivity contribution in [2.45, 2.75) is 219 Å². The number of unbranched alkanes of at least 4 members (excludes halogenated alkanes) is 28.